The molecule has 0 aliphatic rings. The lowest BCUT2D eigenvalue weighted by Crippen LogP contribution is -2.29. The van der Waals surface area contributed by atoms with Crippen LogP contribution in [0.5, 0.6) is 0 Å². The Bertz CT molecular complexity index is 481. The standard InChI is InChI=1S/C9H8BIO2S/c1-5-7-4-6(10(12)13)2-3-8(7)14-9(5)11/h2-4,12-13H,1H3. The van der Waals surface area contributed by atoms with Crippen LogP contribution in [0.15, 0.2) is 18.2 Å². The first-order valence-corrected chi connectivity index (χ1v) is 6.04. The van der Waals surface area contributed by atoms with Gasteiger partial charge in [0.25, 0.3) is 0 Å². The zero-order valence-electron chi connectivity index (χ0n) is 7.49. The minimum absolute atomic E-state index is 0.551. The first-order valence-electron chi connectivity index (χ1n) is 4.14. The van der Waals surface area contributed by atoms with E-state index in [4.69, 9.17) is 10.0 Å². The monoisotopic (exact) mass is 318 g/mol. The number of hydrogen-bond donors (Lipinski definition) is 2. The average Bonchev–Trinajstić information content (AvgIpc) is 2.43. The van der Waals surface area contributed by atoms with E-state index in [9.17, 15) is 0 Å². The third kappa shape index (κ3) is 1.69. The molecular weight excluding hydrogens is 310 g/mol. The van der Waals surface area contributed by atoms with E-state index in [1.54, 1.807) is 17.4 Å². The van der Waals surface area contributed by atoms with Crippen molar-refractivity contribution in [3.63, 3.8) is 0 Å². The van der Waals surface area contributed by atoms with Gasteiger partial charge in [-0.1, -0.05) is 12.1 Å². The van der Waals surface area contributed by atoms with E-state index in [1.165, 1.54) is 13.1 Å². The molecule has 2 nitrogen and oxygen atoms in total. The van der Waals surface area contributed by atoms with Gasteiger partial charge in [-0.2, -0.15) is 0 Å². The van der Waals surface area contributed by atoms with Gasteiger partial charge in [-0.3, -0.25) is 0 Å². The number of rotatable bonds is 1. The van der Waals surface area contributed by atoms with Gasteiger partial charge in [-0.15, -0.1) is 11.3 Å². The molecule has 0 radical (unpaired) electrons. The Morgan fingerprint density at radius 1 is 1.36 bits per heavy atom. The van der Waals surface area contributed by atoms with Crippen molar-refractivity contribution in [3.05, 3.63) is 26.6 Å². The van der Waals surface area contributed by atoms with Crippen molar-refractivity contribution in [2.24, 2.45) is 0 Å². The molecule has 2 aromatic rings. The van der Waals surface area contributed by atoms with E-state index < -0.39 is 7.12 Å². The van der Waals surface area contributed by atoms with Gasteiger partial charge in [0.05, 0.1) is 2.88 Å². The van der Waals surface area contributed by atoms with Crippen LogP contribution in [0, 0.1) is 9.81 Å². The second kappa shape index (κ2) is 3.81. The molecule has 0 aliphatic carbocycles. The molecule has 0 spiro atoms. The molecule has 0 amide bonds. The molecule has 0 saturated heterocycles. The van der Waals surface area contributed by atoms with Gasteiger partial charge in [0.1, 0.15) is 0 Å². The zero-order valence-corrected chi connectivity index (χ0v) is 10.5. The predicted molar refractivity (Wildman–Crippen MR) is 69.1 cm³/mol. The highest BCUT2D eigenvalue weighted by atomic mass is 127. The van der Waals surface area contributed by atoms with Crippen LogP contribution in [0.2, 0.25) is 0 Å². The summed E-state index contributed by atoms with van der Waals surface area (Å²) in [5.74, 6) is 0. The fourth-order valence-corrected chi connectivity index (χ4v) is 3.29. The highest BCUT2D eigenvalue weighted by molar-refractivity contribution is 14.1. The summed E-state index contributed by atoms with van der Waals surface area (Å²) in [4.78, 5) is 0. The first kappa shape index (κ1) is 10.4. The summed E-state index contributed by atoms with van der Waals surface area (Å²) in [5, 5.41) is 19.2. The summed E-state index contributed by atoms with van der Waals surface area (Å²) in [5.41, 5.74) is 1.77. The van der Waals surface area contributed by atoms with Crippen molar-refractivity contribution < 1.29 is 10.0 Å². The Kier molecular flexibility index (Phi) is 2.83. The maximum atomic E-state index is 9.04. The molecule has 0 fully saturated rings. The van der Waals surface area contributed by atoms with Gasteiger partial charge in [-0.25, -0.2) is 0 Å². The largest absolute Gasteiger partial charge is 0.488 e. The molecule has 0 unspecified atom stereocenters. The van der Waals surface area contributed by atoms with Crippen LogP contribution in [0.3, 0.4) is 0 Å². The van der Waals surface area contributed by atoms with Gasteiger partial charge in [0, 0.05) is 4.70 Å². The van der Waals surface area contributed by atoms with Crippen LogP contribution in [-0.4, -0.2) is 17.2 Å². The fourth-order valence-electron chi connectivity index (χ4n) is 1.37. The highest BCUT2D eigenvalue weighted by Crippen LogP contribution is 2.30. The van der Waals surface area contributed by atoms with Crippen molar-refractivity contribution in [3.8, 4) is 0 Å². The molecule has 2 rings (SSSR count). The van der Waals surface area contributed by atoms with E-state index >= 15 is 0 Å². The van der Waals surface area contributed by atoms with Crippen molar-refractivity contribution in [1.82, 2.24) is 0 Å². The first-order chi connectivity index (χ1) is 6.59. The van der Waals surface area contributed by atoms with Crippen molar-refractivity contribution in [2.45, 2.75) is 6.92 Å². The Labute approximate surface area is 99.9 Å². The van der Waals surface area contributed by atoms with Crippen LogP contribution >= 0.6 is 33.9 Å². The number of halogens is 1. The van der Waals surface area contributed by atoms with E-state index in [0.717, 1.165) is 5.39 Å². The van der Waals surface area contributed by atoms with E-state index in [0.29, 0.717) is 5.46 Å². The Hall–Kier alpha value is -0.105. The lowest BCUT2D eigenvalue weighted by atomic mass is 9.80. The summed E-state index contributed by atoms with van der Waals surface area (Å²) in [6.45, 7) is 2.05. The highest BCUT2D eigenvalue weighted by Gasteiger charge is 2.13. The average molecular weight is 318 g/mol. The van der Waals surface area contributed by atoms with Gasteiger partial charge in [0.15, 0.2) is 0 Å². The fraction of sp³-hybridized carbons (Fsp3) is 0.111. The summed E-state index contributed by atoms with van der Waals surface area (Å²) < 4.78 is 2.44. The third-order valence-corrected chi connectivity index (χ3v) is 4.73. The van der Waals surface area contributed by atoms with Crippen LogP contribution in [-0.2, 0) is 0 Å². The summed E-state index contributed by atoms with van der Waals surface area (Å²) >= 11 is 4.02. The zero-order chi connectivity index (χ0) is 10.3. The molecule has 0 bridgehead atoms. The Morgan fingerprint density at radius 3 is 2.71 bits per heavy atom. The molecular formula is C9H8BIO2S. The molecule has 0 aliphatic heterocycles. The molecule has 1 aromatic carbocycles. The number of aryl methyl sites for hydroxylation is 1. The van der Waals surface area contributed by atoms with E-state index in [-0.39, 0.29) is 0 Å². The Morgan fingerprint density at radius 2 is 2.07 bits per heavy atom. The maximum Gasteiger partial charge on any atom is 0.488 e. The van der Waals surface area contributed by atoms with Crippen LogP contribution in [0.25, 0.3) is 10.1 Å². The van der Waals surface area contributed by atoms with E-state index in [2.05, 4.69) is 22.6 Å². The number of fused-ring (bicyclic) bond motifs is 1. The summed E-state index contributed by atoms with van der Waals surface area (Å²) in [6.07, 6.45) is 0. The smallest absolute Gasteiger partial charge is 0.423 e. The predicted octanol–water partition coefficient (Wildman–Crippen LogP) is 1.49. The normalized spacial score (nSPS) is 10.9. The molecule has 14 heavy (non-hydrogen) atoms. The topological polar surface area (TPSA) is 40.5 Å². The number of thiophene rings is 1. The quantitative estimate of drug-likeness (QED) is 0.618. The molecule has 1 aromatic heterocycles. The lowest BCUT2D eigenvalue weighted by Gasteiger charge is -1.99. The SMILES string of the molecule is Cc1c(I)sc2ccc(B(O)O)cc12. The van der Waals surface area contributed by atoms with Crippen LogP contribution < -0.4 is 5.46 Å². The van der Waals surface area contributed by atoms with Crippen molar-refractivity contribution in [1.29, 1.82) is 0 Å². The van der Waals surface area contributed by atoms with Crippen molar-refractivity contribution >= 4 is 56.6 Å². The lowest BCUT2D eigenvalue weighted by molar-refractivity contribution is 0.426. The van der Waals surface area contributed by atoms with Crippen LogP contribution in [0.4, 0.5) is 0 Å². The van der Waals surface area contributed by atoms with Gasteiger partial charge in [0.2, 0.25) is 0 Å². The molecule has 0 saturated carbocycles. The summed E-state index contributed by atoms with van der Waals surface area (Å²) in [6, 6.07) is 5.52. The molecule has 5 heteroatoms. The Balaban J connectivity index is 2.69. The second-order valence-electron chi connectivity index (χ2n) is 3.13. The van der Waals surface area contributed by atoms with Gasteiger partial charge in [-0.05, 0) is 52.0 Å². The number of benzene rings is 1. The summed E-state index contributed by atoms with van der Waals surface area (Å²) in [7, 11) is -1.38. The van der Waals surface area contributed by atoms with E-state index in [1.807, 2.05) is 19.1 Å². The molecule has 72 valence electrons. The van der Waals surface area contributed by atoms with Gasteiger partial charge < -0.3 is 10.0 Å². The minimum atomic E-state index is -1.38. The third-order valence-electron chi connectivity index (χ3n) is 2.20. The minimum Gasteiger partial charge on any atom is -0.423 e. The molecule has 0 atom stereocenters. The number of hydrogen-bond acceptors (Lipinski definition) is 3. The second-order valence-corrected chi connectivity index (χ2v) is 5.99. The maximum absolute atomic E-state index is 9.04. The van der Waals surface area contributed by atoms with Crippen molar-refractivity contribution in [2.75, 3.05) is 0 Å². The van der Waals surface area contributed by atoms with Crippen LogP contribution in [0.1, 0.15) is 5.56 Å². The molecule has 1 heterocycles. The van der Waals surface area contributed by atoms with Gasteiger partial charge >= 0.3 is 7.12 Å². The molecule has 2 N–H and O–H groups in total.